The molecule has 7 heteroatoms. The van der Waals surface area contributed by atoms with Crippen molar-refractivity contribution in [3.63, 3.8) is 0 Å². The van der Waals surface area contributed by atoms with Gasteiger partial charge in [-0.3, -0.25) is 14.7 Å². The summed E-state index contributed by atoms with van der Waals surface area (Å²) < 4.78 is 0. The Morgan fingerprint density at radius 3 is 2.55 bits per heavy atom. The fraction of sp³-hybridized carbons (Fsp3) is 0.636. The van der Waals surface area contributed by atoms with Crippen molar-refractivity contribution in [2.24, 2.45) is 10.9 Å². The maximum Gasteiger partial charge on any atom is 0.251 e. The molecule has 1 fully saturated rings. The number of benzene rings is 1. The molecule has 1 heterocycles. The molecule has 164 valence electrons. The monoisotopic (exact) mass is 515 g/mol. The highest BCUT2D eigenvalue weighted by atomic mass is 127. The smallest absolute Gasteiger partial charge is 0.251 e. The second kappa shape index (κ2) is 13.8. The first-order valence-corrected chi connectivity index (χ1v) is 10.6. The number of guanidine groups is 1. The van der Waals surface area contributed by atoms with Crippen LogP contribution < -0.4 is 16.0 Å². The van der Waals surface area contributed by atoms with E-state index in [1.165, 1.54) is 25.9 Å². The van der Waals surface area contributed by atoms with Gasteiger partial charge in [0.1, 0.15) is 0 Å². The van der Waals surface area contributed by atoms with Crippen LogP contribution in [0, 0.1) is 5.92 Å². The van der Waals surface area contributed by atoms with E-state index in [1.54, 1.807) is 7.05 Å². The molecule has 0 aliphatic carbocycles. The van der Waals surface area contributed by atoms with Gasteiger partial charge >= 0.3 is 0 Å². The largest absolute Gasteiger partial charge is 0.357 e. The normalized spacial score (nSPS) is 15.7. The molecule has 1 unspecified atom stereocenters. The van der Waals surface area contributed by atoms with Crippen LogP contribution in [0.25, 0.3) is 0 Å². The molecule has 0 spiro atoms. The number of aliphatic imine (C=N–C) groups is 1. The summed E-state index contributed by atoms with van der Waals surface area (Å²) in [5.41, 5.74) is 1.84. The maximum atomic E-state index is 11.8. The molecule has 1 aromatic rings. The van der Waals surface area contributed by atoms with E-state index in [0.29, 0.717) is 17.5 Å². The Labute approximate surface area is 193 Å². The molecular weight excluding hydrogens is 477 g/mol. The van der Waals surface area contributed by atoms with Crippen molar-refractivity contribution in [3.05, 3.63) is 35.4 Å². The van der Waals surface area contributed by atoms with Gasteiger partial charge in [-0.25, -0.2) is 0 Å². The van der Waals surface area contributed by atoms with Gasteiger partial charge in [0.25, 0.3) is 5.91 Å². The Bertz CT molecular complexity index is 644. The number of likely N-dealkylation sites (tertiary alicyclic amines) is 1. The number of amides is 1. The molecule has 1 aromatic carbocycles. The van der Waals surface area contributed by atoms with Gasteiger partial charge in [0.05, 0.1) is 6.54 Å². The fourth-order valence-electron chi connectivity index (χ4n) is 3.69. The van der Waals surface area contributed by atoms with Gasteiger partial charge < -0.3 is 16.0 Å². The third-order valence-corrected chi connectivity index (χ3v) is 5.28. The number of nitrogens with one attached hydrogen (secondary N) is 3. The Balaban J connectivity index is 0.00000420. The van der Waals surface area contributed by atoms with E-state index >= 15 is 0 Å². The third-order valence-electron chi connectivity index (χ3n) is 5.28. The molecule has 1 aliphatic rings. The van der Waals surface area contributed by atoms with E-state index in [0.717, 1.165) is 37.6 Å². The van der Waals surface area contributed by atoms with Gasteiger partial charge in [-0.2, -0.15) is 0 Å². The number of carbonyl (C=O) groups excluding carboxylic acids is 1. The summed E-state index contributed by atoms with van der Waals surface area (Å²) in [5.74, 6) is 1.42. The minimum atomic E-state index is -0.0497. The van der Waals surface area contributed by atoms with Gasteiger partial charge in [-0.05, 0) is 62.9 Å². The van der Waals surface area contributed by atoms with Crippen LogP contribution >= 0.6 is 24.0 Å². The average molecular weight is 515 g/mol. The van der Waals surface area contributed by atoms with Crippen LogP contribution in [0.15, 0.2) is 29.3 Å². The molecular formula is C22H38IN5O. The number of rotatable bonds is 9. The first kappa shape index (κ1) is 25.7. The fourth-order valence-corrected chi connectivity index (χ4v) is 3.69. The number of hydrogen-bond acceptors (Lipinski definition) is 3. The van der Waals surface area contributed by atoms with Crippen molar-refractivity contribution in [2.45, 2.75) is 46.1 Å². The van der Waals surface area contributed by atoms with Crippen LogP contribution in [-0.2, 0) is 6.42 Å². The van der Waals surface area contributed by atoms with Crippen molar-refractivity contribution < 1.29 is 4.79 Å². The highest BCUT2D eigenvalue weighted by molar-refractivity contribution is 14.0. The summed E-state index contributed by atoms with van der Waals surface area (Å²) in [4.78, 5) is 19.2. The summed E-state index contributed by atoms with van der Waals surface area (Å²) in [5, 5.41) is 9.46. The Morgan fingerprint density at radius 2 is 1.93 bits per heavy atom. The molecule has 2 rings (SSSR count). The predicted octanol–water partition coefficient (Wildman–Crippen LogP) is 2.88. The summed E-state index contributed by atoms with van der Waals surface area (Å²) >= 11 is 0. The van der Waals surface area contributed by atoms with Gasteiger partial charge in [-0.1, -0.05) is 26.0 Å². The summed E-state index contributed by atoms with van der Waals surface area (Å²) in [7, 11) is 1.66. The van der Waals surface area contributed by atoms with Crippen LogP contribution in [0.5, 0.6) is 0 Å². The lowest BCUT2D eigenvalue weighted by molar-refractivity contribution is 0.0963. The molecule has 29 heavy (non-hydrogen) atoms. The molecule has 1 aliphatic heterocycles. The molecule has 0 saturated carbocycles. The summed E-state index contributed by atoms with van der Waals surface area (Å²) in [6, 6.07) is 8.28. The molecule has 0 radical (unpaired) electrons. The zero-order valence-corrected chi connectivity index (χ0v) is 20.7. The topological polar surface area (TPSA) is 68.8 Å². The standard InChI is InChI=1S/C22H37N5O.HI/c1-5-24-22(26-16-20(17(2)3)27-13-6-7-14-27)25-12-11-18-9-8-10-19(15-18)21(28)23-4;/h8-10,15,17,20H,5-7,11-14,16H2,1-4H3,(H,23,28)(H2,24,25,26);1H. The lowest BCUT2D eigenvalue weighted by atomic mass is 10.0. The third kappa shape index (κ3) is 8.50. The zero-order valence-electron chi connectivity index (χ0n) is 18.3. The van der Waals surface area contributed by atoms with E-state index in [1.807, 2.05) is 18.2 Å². The van der Waals surface area contributed by atoms with Gasteiger partial charge in [0, 0.05) is 31.7 Å². The van der Waals surface area contributed by atoms with Gasteiger partial charge in [-0.15, -0.1) is 24.0 Å². The van der Waals surface area contributed by atoms with E-state index in [4.69, 9.17) is 4.99 Å². The van der Waals surface area contributed by atoms with Crippen molar-refractivity contribution in [1.29, 1.82) is 0 Å². The minimum absolute atomic E-state index is 0. The SMILES string of the molecule is CCNC(=NCC(C(C)C)N1CCCC1)NCCc1cccc(C(=O)NC)c1.I. The molecule has 6 nitrogen and oxygen atoms in total. The van der Waals surface area contributed by atoms with Crippen LogP contribution in [0.4, 0.5) is 0 Å². The van der Waals surface area contributed by atoms with Gasteiger partial charge in [0.2, 0.25) is 0 Å². The lowest BCUT2D eigenvalue weighted by Crippen LogP contribution is -2.42. The number of hydrogen-bond donors (Lipinski definition) is 3. The van der Waals surface area contributed by atoms with E-state index < -0.39 is 0 Å². The minimum Gasteiger partial charge on any atom is -0.357 e. The van der Waals surface area contributed by atoms with E-state index in [-0.39, 0.29) is 29.9 Å². The molecule has 1 amide bonds. The first-order chi connectivity index (χ1) is 13.5. The lowest BCUT2D eigenvalue weighted by Gasteiger charge is -2.29. The Kier molecular flexibility index (Phi) is 12.2. The molecule has 1 atom stereocenters. The van der Waals surface area contributed by atoms with Crippen LogP contribution in [0.1, 0.15) is 49.5 Å². The quantitative estimate of drug-likeness (QED) is 0.269. The molecule has 0 bridgehead atoms. The van der Waals surface area contributed by atoms with Crippen LogP contribution in [0.2, 0.25) is 0 Å². The van der Waals surface area contributed by atoms with Gasteiger partial charge in [0.15, 0.2) is 5.96 Å². The van der Waals surface area contributed by atoms with E-state index in [9.17, 15) is 4.79 Å². The van der Waals surface area contributed by atoms with Crippen molar-refractivity contribution >= 4 is 35.8 Å². The average Bonchev–Trinajstić information content (AvgIpc) is 3.22. The highest BCUT2D eigenvalue weighted by Gasteiger charge is 2.24. The highest BCUT2D eigenvalue weighted by Crippen LogP contribution is 2.18. The van der Waals surface area contributed by atoms with Crippen molar-refractivity contribution in [2.75, 3.05) is 39.8 Å². The van der Waals surface area contributed by atoms with Crippen molar-refractivity contribution in [3.8, 4) is 0 Å². The second-order valence-corrected chi connectivity index (χ2v) is 7.73. The maximum absolute atomic E-state index is 11.8. The Morgan fingerprint density at radius 1 is 1.21 bits per heavy atom. The summed E-state index contributed by atoms with van der Waals surface area (Å²) in [6.45, 7) is 11.5. The first-order valence-electron chi connectivity index (χ1n) is 10.6. The summed E-state index contributed by atoms with van der Waals surface area (Å²) in [6.07, 6.45) is 3.45. The van der Waals surface area contributed by atoms with Crippen LogP contribution in [0.3, 0.4) is 0 Å². The van der Waals surface area contributed by atoms with Crippen LogP contribution in [-0.4, -0.2) is 62.6 Å². The molecule has 1 saturated heterocycles. The van der Waals surface area contributed by atoms with Crippen molar-refractivity contribution in [1.82, 2.24) is 20.9 Å². The Hall–Kier alpha value is -1.35. The number of halogens is 1. The predicted molar refractivity (Wildman–Crippen MR) is 132 cm³/mol. The second-order valence-electron chi connectivity index (χ2n) is 7.73. The zero-order chi connectivity index (χ0) is 20.4. The molecule has 0 aromatic heterocycles. The van der Waals surface area contributed by atoms with E-state index in [2.05, 4.69) is 47.7 Å². The number of carbonyl (C=O) groups is 1. The molecule has 3 N–H and O–H groups in total. The number of nitrogens with zero attached hydrogens (tertiary/aromatic N) is 2.